The zero-order chi connectivity index (χ0) is 10.6. The van der Waals surface area contributed by atoms with Crippen LogP contribution in [0.4, 0.5) is 0 Å². The first kappa shape index (κ1) is 11.2. The summed E-state index contributed by atoms with van der Waals surface area (Å²) in [5.41, 5.74) is 11.1. The van der Waals surface area contributed by atoms with Crippen molar-refractivity contribution < 1.29 is 4.74 Å². The third kappa shape index (κ3) is 3.47. The summed E-state index contributed by atoms with van der Waals surface area (Å²) < 4.78 is 5.39. The highest BCUT2D eigenvalue weighted by molar-refractivity contribution is 6.29. The molecule has 14 heavy (non-hydrogen) atoms. The smallest absolute Gasteiger partial charge is 0.0993 e. The molecule has 0 saturated carbocycles. The molecule has 0 amide bonds. The Hall–Kier alpha value is -0.870. The zero-order valence-electron chi connectivity index (χ0n) is 8.24. The van der Waals surface area contributed by atoms with Crippen LogP contribution in [0.5, 0.6) is 0 Å². The molecule has 0 bridgehead atoms. The monoisotopic (exact) mass is 217 g/mol. The minimum Gasteiger partial charge on any atom is -0.389 e. The summed E-state index contributed by atoms with van der Waals surface area (Å²) in [4.78, 5) is 2.05. The zero-order valence-corrected chi connectivity index (χ0v) is 9.00. The fourth-order valence-electron chi connectivity index (χ4n) is 1.32. The summed E-state index contributed by atoms with van der Waals surface area (Å²) in [5, 5.41) is 0.231. The lowest BCUT2D eigenvalue weighted by molar-refractivity contribution is -0.00628. The topological polar surface area (TPSA) is 64.5 Å². The number of morpholine rings is 1. The second-order valence-corrected chi connectivity index (χ2v) is 3.71. The van der Waals surface area contributed by atoms with Crippen LogP contribution >= 0.6 is 11.6 Å². The van der Waals surface area contributed by atoms with E-state index in [1.165, 1.54) is 0 Å². The third-order valence-electron chi connectivity index (χ3n) is 2.02. The van der Waals surface area contributed by atoms with Gasteiger partial charge in [-0.1, -0.05) is 11.6 Å². The number of rotatable bonds is 2. The second-order valence-electron chi connectivity index (χ2n) is 3.27. The van der Waals surface area contributed by atoms with Crippen molar-refractivity contribution >= 4 is 11.6 Å². The molecule has 1 heterocycles. The molecular formula is C9H16ClN3O. The van der Waals surface area contributed by atoms with Crippen molar-refractivity contribution in [2.75, 3.05) is 19.7 Å². The molecule has 1 saturated heterocycles. The van der Waals surface area contributed by atoms with Gasteiger partial charge in [0.2, 0.25) is 0 Å². The molecule has 80 valence electrons. The number of halogens is 1. The molecule has 1 rings (SSSR count). The van der Waals surface area contributed by atoms with Gasteiger partial charge in [0.1, 0.15) is 0 Å². The van der Waals surface area contributed by atoms with Crippen LogP contribution in [0.3, 0.4) is 0 Å². The minimum atomic E-state index is 0.216. The van der Waals surface area contributed by atoms with Crippen molar-refractivity contribution in [3.63, 3.8) is 0 Å². The Bertz CT molecular complexity index is 248. The fraction of sp³-hybridized carbons (Fsp3) is 0.556. The fourth-order valence-corrected chi connectivity index (χ4v) is 1.39. The van der Waals surface area contributed by atoms with Crippen LogP contribution in [0.2, 0.25) is 0 Å². The normalized spacial score (nSPS) is 25.3. The van der Waals surface area contributed by atoms with Gasteiger partial charge < -0.3 is 21.1 Å². The van der Waals surface area contributed by atoms with Crippen molar-refractivity contribution in [1.82, 2.24) is 4.90 Å². The van der Waals surface area contributed by atoms with E-state index in [2.05, 4.69) is 0 Å². The average molecular weight is 218 g/mol. The Morgan fingerprint density at radius 2 is 2.21 bits per heavy atom. The van der Waals surface area contributed by atoms with Gasteiger partial charge in [0, 0.05) is 13.1 Å². The molecule has 0 spiro atoms. The van der Waals surface area contributed by atoms with Gasteiger partial charge in [-0.2, -0.15) is 0 Å². The van der Waals surface area contributed by atoms with Crippen molar-refractivity contribution in [2.45, 2.75) is 13.0 Å². The maximum absolute atomic E-state index is 5.83. The van der Waals surface area contributed by atoms with Gasteiger partial charge in [0.05, 0.1) is 23.7 Å². The molecule has 0 radical (unpaired) electrons. The van der Waals surface area contributed by atoms with Crippen molar-refractivity contribution in [3.8, 4) is 0 Å². The first-order chi connectivity index (χ1) is 6.59. The Morgan fingerprint density at radius 3 is 2.79 bits per heavy atom. The number of ether oxygens (including phenoxy) is 1. The Labute approximate surface area is 89.1 Å². The highest BCUT2D eigenvalue weighted by Crippen LogP contribution is 2.08. The molecule has 0 aromatic rings. The summed E-state index contributed by atoms with van der Waals surface area (Å²) >= 11 is 5.48. The molecule has 1 atom stereocenters. The van der Waals surface area contributed by atoms with Crippen LogP contribution in [0.1, 0.15) is 6.92 Å². The largest absolute Gasteiger partial charge is 0.389 e. The summed E-state index contributed by atoms with van der Waals surface area (Å²) in [5.74, 6) is 0.670. The molecule has 0 aromatic heterocycles. The van der Waals surface area contributed by atoms with E-state index in [1.807, 2.05) is 11.8 Å². The van der Waals surface area contributed by atoms with Gasteiger partial charge in [-0.25, -0.2) is 0 Å². The summed E-state index contributed by atoms with van der Waals surface area (Å²) in [7, 11) is 0. The minimum absolute atomic E-state index is 0.216. The first-order valence-electron chi connectivity index (χ1n) is 4.54. The molecule has 1 unspecified atom stereocenters. The summed E-state index contributed by atoms with van der Waals surface area (Å²) in [6, 6.07) is 0. The molecule has 1 aliphatic rings. The first-order valence-corrected chi connectivity index (χ1v) is 4.92. The molecule has 1 aliphatic heterocycles. The Balaban J connectivity index is 2.55. The van der Waals surface area contributed by atoms with Gasteiger partial charge in [0.15, 0.2) is 0 Å². The van der Waals surface area contributed by atoms with Gasteiger partial charge >= 0.3 is 0 Å². The molecule has 4 nitrogen and oxygen atoms in total. The number of hydrogen-bond acceptors (Lipinski definition) is 4. The van der Waals surface area contributed by atoms with Crippen molar-refractivity contribution in [1.29, 1.82) is 0 Å². The van der Waals surface area contributed by atoms with Crippen molar-refractivity contribution in [2.24, 2.45) is 11.5 Å². The van der Waals surface area contributed by atoms with Crippen LogP contribution < -0.4 is 11.5 Å². The van der Waals surface area contributed by atoms with E-state index in [4.69, 9.17) is 27.8 Å². The predicted octanol–water partition coefficient (Wildman–Crippen LogP) is 0.546. The molecule has 0 aliphatic carbocycles. The molecule has 4 N–H and O–H groups in total. The average Bonchev–Trinajstić information content (AvgIpc) is 2.14. The number of hydrogen-bond donors (Lipinski definition) is 2. The third-order valence-corrected chi connectivity index (χ3v) is 2.15. The molecule has 1 fully saturated rings. The van der Waals surface area contributed by atoms with Crippen LogP contribution in [-0.2, 0) is 4.74 Å². The lowest BCUT2D eigenvalue weighted by atomic mass is 10.3. The SMILES string of the molecule is CC1CN(/C(N)=C/C=C(\N)Cl)CCO1. The van der Waals surface area contributed by atoms with Gasteiger partial charge in [-0.05, 0) is 19.1 Å². The van der Waals surface area contributed by atoms with Gasteiger partial charge in [0.25, 0.3) is 0 Å². The lowest BCUT2D eigenvalue weighted by Crippen LogP contribution is -2.42. The van der Waals surface area contributed by atoms with E-state index in [1.54, 1.807) is 12.2 Å². The quantitative estimate of drug-likeness (QED) is 0.524. The van der Waals surface area contributed by atoms with E-state index in [0.29, 0.717) is 12.4 Å². The lowest BCUT2D eigenvalue weighted by Gasteiger charge is -2.32. The van der Waals surface area contributed by atoms with Crippen LogP contribution in [0.25, 0.3) is 0 Å². The second kappa shape index (κ2) is 5.12. The van der Waals surface area contributed by atoms with Crippen LogP contribution in [-0.4, -0.2) is 30.7 Å². The number of nitrogens with zero attached hydrogens (tertiary/aromatic N) is 1. The van der Waals surface area contributed by atoms with E-state index < -0.39 is 0 Å². The van der Waals surface area contributed by atoms with E-state index >= 15 is 0 Å². The van der Waals surface area contributed by atoms with E-state index in [9.17, 15) is 0 Å². The molecule has 0 aromatic carbocycles. The van der Waals surface area contributed by atoms with Crippen LogP contribution in [0.15, 0.2) is 23.1 Å². The van der Waals surface area contributed by atoms with Crippen molar-refractivity contribution in [3.05, 3.63) is 23.1 Å². The molecule has 5 heteroatoms. The standard InChI is InChI=1S/C9H16ClN3O/c1-7-6-13(4-5-14-7)9(12)3-2-8(10)11/h2-3,7H,4-6,11-12H2,1H3/b8-2-,9-3+. The summed E-state index contributed by atoms with van der Waals surface area (Å²) in [6.45, 7) is 4.34. The highest BCUT2D eigenvalue weighted by atomic mass is 35.5. The molecular weight excluding hydrogens is 202 g/mol. The Kier molecular flexibility index (Phi) is 4.10. The number of nitrogens with two attached hydrogens (primary N) is 2. The predicted molar refractivity (Wildman–Crippen MR) is 57.4 cm³/mol. The van der Waals surface area contributed by atoms with Gasteiger partial charge in [-0.3, -0.25) is 0 Å². The van der Waals surface area contributed by atoms with E-state index in [-0.39, 0.29) is 11.3 Å². The highest BCUT2D eigenvalue weighted by Gasteiger charge is 2.16. The number of allylic oxidation sites excluding steroid dienone is 2. The maximum atomic E-state index is 5.83. The Morgan fingerprint density at radius 1 is 1.50 bits per heavy atom. The van der Waals surface area contributed by atoms with Gasteiger partial charge in [-0.15, -0.1) is 0 Å². The van der Waals surface area contributed by atoms with Crippen LogP contribution in [0, 0.1) is 0 Å². The maximum Gasteiger partial charge on any atom is 0.0993 e. The summed E-state index contributed by atoms with van der Waals surface area (Å²) in [6.07, 6.45) is 3.50. The van der Waals surface area contributed by atoms with E-state index in [0.717, 1.165) is 13.1 Å².